The van der Waals surface area contributed by atoms with Crippen LogP contribution in [0.4, 0.5) is 0 Å². The minimum absolute atomic E-state index is 0.202. The molecule has 0 fully saturated rings. The van der Waals surface area contributed by atoms with Crippen molar-refractivity contribution in [2.24, 2.45) is 0 Å². The minimum Gasteiger partial charge on any atom is -0.460 e. The Kier molecular flexibility index (Phi) is 5.72. The van der Waals surface area contributed by atoms with Crippen molar-refractivity contribution < 1.29 is 19.1 Å². The summed E-state index contributed by atoms with van der Waals surface area (Å²) in [5.41, 5.74) is 0.202. The number of ether oxygens (including phenoxy) is 2. The van der Waals surface area contributed by atoms with Gasteiger partial charge in [0.25, 0.3) is 5.78 Å². The van der Waals surface area contributed by atoms with Gasteiger partial charge in [0.15, 0.2) is 0 Å². The molecule has 0 saturated heterocycles. The van der Waals surface area contributed by atoms with Crippen LogP contribution in [0.15, 0.2) is 54.6 Å². The van der Waals surface area contributed by atoms with E-state index in [1.165, 1.54) is 0 Å². The lowest BCUT2D eigenvalue weighted by Gasteiger charge is -2.10. The number of esters is 1. The smallest absolute Gasteiger partial charge is 0.379 e. The molecule has 2 rings (SSSR count). The maximum atomic E-state index is 12.2. The van der Waals surface area contributed by atoms with E-state index < -0.39 is 11.8 Å². The van der Waals surface area contributed by atoms with Crippen LogP contribution in [0.5, 0.6) is 11.5 Å². The fraction of sp³-hybridized carbons (Fsp3) is 0.222. The Bertz CT molecular complexity index is 635. The number of Topliss-reactive ketones (excluding diaryl/α,β-unsaturated/α-hetero) is 1. The van der Waals surface area contributed by atoms with E-state index in [2.05, 4.69) is 0 Å². The number of benzene rings is 2. The minimum atomic E-state index is -0.849. The van der Waals surface area contributed by atoms with Gasteiger partial charge in [-0.3, -0.25) is 4.79 Å². The Morgan fingerprint density at radius 3 is 2.36 bits per heavy atom. The van der Waals surface area contributed by atoms with E-state index in [4.69, 9.17) is 9.47 Å². The molecule has 0 spiro atoms. The third-order valence-electron chi connectivity index (χ3n) is 3.02. The van der Waals surface area contributed by atoms with Crippen molar-refractivity contribution in [2.75, 3.05) is 6.61 Å². The van der Waals surface area contributed by atoms with Crippen LogP contribution in [0, 0.1) is 0 Å². The zero-order valence-electron chi connectivity index (χ0n) is 12.5. The molecule has 4 heteroatoms. The second-order valence-corrected chi connectivity index (χ2v) is 4.73. The third-order valence-corrected chi connectivity index (χ3v) is 3.02. The molecule has 0 saturated carbocycles. The third kappa shape index (κ3) is 4.19. The van der Waals surface area contributed by atoms with Crippen molar-refractivity contribution in [1.29, 1.82) is 0 Å². The molecule has 0 amide bonds. The summed E-state index contributed by atoms with van der Waals surface area (Å²) in [4.78, 5) is 24.0. The van der Waals surface area contributed by atoms with Crippen molar-refractivity contribution in [3.05, 3.63) is 60.2 Å². The number of carbonyl (C=O) groups is 2. The summed E-state index contributed by atoms with van der Waals surface area (Å²) in [5.74, 6) is -0.603. The fourth-order valence-electron chi connectivity index (χ4n) is 1.84. The average Bonchev–Trinajstić information content (AvgIpc) is 2.56. The van der Waals surface area contributed by atoms with Crippen molar-refractivity contribution in [3.63, 3.8) is 0 Å². The standard InChI is InChI=1S/C18H18O4/c1-2-3-13-21-18(20)17(19)15-11-7-8-12-16(15)22-14-9-5-4-6-10-14/h4-12H,2-3,13H2,1H3. The normalized spacial score (nSPS) is 10.0. The van der Waals surface area contributed by atoms with E-state index in [-0.39, 0.29) is 12.2 Å². The molecular weight excluding hydrogens is 280 g/mol. The number of ketones is 1. The highest BCUT2D eigenvalue weighted by atomic mass is 16.5. The van der Waals surface area contributed by atoms with Crippen LogP contribution in [0.2, 0.25) is 0 Å². The van der Waals surface area contributed by atoms with Crippen molar-refractivity contribution >= 4 is 11.8 Å². The molecule has 0 radical (unpaired) electrons. The topological polar surface area (TPSA) is 52.6 Å². The Labute approximate surface area is 129 Å². The molecule has 22 heavy (non-hydrogen) atoms. The van der Waals surface area contributed by atoms with Gasteiger partial charge in [0.05, 0.1) is 12.2 Å². The molecule has 0 aliphatic heterocycles. The molecule has 2 aromatic rings. The van der Waals surface area contributed by atoms with Gasteiger partial charge in [0, 0.05) is 0 Å². The van der Waals surface area contributed by atoms with Crippen molar-refractivity contribution in [2.45, 2.75) is 19.8 Å². The number of para-hydroxylation sites is 2. The largest absolute Gasteiger partial charge is 0.460 e. The van der Waals surface area contributed by atoms with E-state index in [9.17, 15) is 9.59 Å². The summed E-state index contributed by atoms with van der Waals surface area (Å²) in [7, 11) is 0. The fourth-order valence-corrected chi connectivity index (χ4v) is 1.84. The summed E-state index contributed by atoms with van der Waals surface area (Å²) < 4.78 is 10.6. The Balaban J connectivity index is 2.14. The first kappa shape index (κ1) is 15.8. The van der Waals surface area contributed by atoms with Gasteiger partial charge < -0.3 is 9.47 Å². The van der Waals surface area contributed by atoms with Crippen LogP contribution in [0.25, 0.3) is 0 Å². The molecule has 0 atom stereocenters. The van der Waals surface area contributed by atoms with Gasteiger partial charge >= 0.3 is 5.97 Å². The number of hydrogen-bond donors (Lipinski definition) is 0. The first-order chi connectivity index (χ1) is 10.7. The Hall–Kier alpha value is -2.62. The van der Waals surface area contributed by atoms with Crippen LogP contribution >= 0.6 is 0 Å². The quantitative estimate of drug-likeness (QED) is 0.335. The van der Waals surface area contributed by atoms with E-state index in [1.54, 1.807) is 36.4 Å². The van der Waals surface area contributed by atoms with Crippen molar-refractivity contribution in [1.82, 2.24) is 0 Å². The average molecular weight is 298 g/mol. The van der Waals surface area contributed by atoms with Gasteiger partial charge in [-0.1, -0.05) is 43.7 Å². The zero-order chi connectivity index (χ0) is 15.8. The number of rotatable bonds is 7. The van der Waals surface area contributed by atoms with Gasteiger partial charge in [-0.2, -0.15) is 0 Å². The lowest BCUT2D eigenvalue weighted by molar-refractivity contribution is -0.138. The molecule has 0 aliphatic rings. The summed E-state index contributed by atoms with van der Waals surface area (Å²) >= 11 is 0. The number of unbranched alkanes of at least 4 members (excludes halogenated alkanes) is 1. The van der Waals surface area contributed by atoms with E-state index >= 15 is 0 Å². The van der Waals surface area contributed by atoms with Crippen LogP contribution in [0.1, 0.15) is 30.1 Å². The summed E-state index contributed by atoms with van der Waals surface area (Å²) in [6.07, 6.45) is 1.64. The van der Waals surface area contributed by atoms with E-state index in [1.807, 2.05) is 25.1 Å². The number of hydrogen-bond acceptors (Lipinski definition) is 4. The SMILES string of the molecule is CCCCOC(=O)C(=O)c1ccccc1Oc1ccccc1. The summed E-state index contributed by atoms with van der Waals surface area (Å²) in [6.45, 7) is 2.24. The lowest BCUT2D eigenvalue weighted by atomic mass is 10.1. The maximum absolute atomic E-state index is 12.2. The highest BCUT2D eigenvalue weighted by Gasteiger charge is 2.21. The van der Waals surface area contributed by atoms with E-state index in [0.717, 1.165) is 12.8 Å². The molecule has 0 aliphatic carbocycles. The van der Waals surface area contributed by atoms with Crippen LogP contribution < -0.4 is 4.74 Å². The van der Waals surface area contributed by atoms with Crippen molar-refractivity contribution in [3.8, 4) is 11.5 Å². The second-order valence-electron chi connectivity index (χ2n) is 4.73. The molecule has 0 heterocycles. The highest BCUT2D eigenvalue weighted by Crippen LogP contribution is 2.25. The Morgan fingerprint density at radius 2 is 1.64 bits per heavy atom. The highest BCUT2D eigenvalue weighted by molar-refractivity contribution is 6.41. The molecule has 0 N–H and O–H groups in total. The van der Waals surface area contributed by atoms with Gasteiger partial charge in [0.2, 0.25) is 0 Å². The molecule has 0 bridgehead atoms. The van der Waals surface area contributed by atoms with Gasteiger partial charge in [-0.15, -0.1) is 0 Å². The summed E-state index contributed by atoms with van der Waals surface area (Å²) in [5, 5.41) is 0. The molecule has 0 unspecified atom stereocenters. The van der Waals surface area contributed by atoms with Gasteiger partial charge in [-0.05, 0) is 30.7 Å². The molecule has 4 nitrogen and oxygen atoms in total. The van der Waals surface area contributed by atoms with Crippen LogP contribution in [-0.4, -0.2) is 18.4 Å². The Morgan fingerprint density at radius 1 is 0.955 bits per heavy atom. The monoisotopic (exact) mass is 298 g/mol. The molecule has 0 aromatic heterocycles. The first-order valence-electron chi connectivity index (χ1n) is 7.25. The number of carbonyl (C=O) groups excluding carboxylic acids is 2. The lowest BCUT2D eigenvalue weighted by Crippen LogP contribution is -2.18. The molecular formula is C18H18O4. The zero-order valence-corrected chi connectivity index (χ0v) is 12.5. The molecule has 114 valence electrons. The van der Waals surface area contributed by atoms with Crippen LogP contribution in [0.3, 0.4) is 0 Å². The second kappa shape index (κ2) is 7.98. The predicted molar refractivity (Wildman–Crippen MR) is 83.2 cm³/mol. The molecule has 2 aromatic carbocycles. The van der Waals surface area contributed by atoms with Gasteiger partial charge in [-0.25, -0.2) is 4.79 Å². The van der Waals surface area contributed by atoms with Crippen LogP contribution in [-0.2, 0) is 9.53 Å². The first-order valence-corrected chi connectivity index (χ1v) is 7.25. The predicted octanol–water partition coefficient (Wildman–Crippen LogP) is 4.00. The van der Waals surface area contributed by atoms with E-state index in [0.29, 0.717) is 11.5 Å². The maximum Gasteiger partial charge on any atom is 0.379 e. The van der Waals surface area contributed by atoms with Gasteiger partial charge in [0.1, 0.15) is 11.5 Å². The summed E-state index contributed by atoms with van der Waals surface area (Å²) in [6, 6.07) is 15.7.